The summed E-state index contributed by atoms with van der Waals surface area (Å²) in [7, 11) is 0. The first-order chi connectivity index (χ1) is 5.95. The number of halogens is 3. The van der Waals surface area contributed by atoms with Gasteiger partial charge in [0.1, 0.15) is 5.69 Å². The third-order valence-corrected chi connectivity index (χ3v) is 2.00. The molecule has 0 saturated heterocycles. The van der Waals surface area contributed by atoms with E-state index in [1.165, 1.54) is 0 Å². The molecule has 13 heavy (non-hydrogen) atoms. The summed E-state index contributed by atoms with van der Waals surface area (Å²) in [5.74, 6) is 3.87. The summed E-state index contributed by atoms with van der Waals surface area (Å²) in [4.78, 5) is 13.7. The van der Waals surface area contributed by atoms with E-state index in [1.807, 2.05) is 0 Å². The molecule has 0 radical (unpaired) electrons. The number of aromatic nitrogens is 1. The molecule has 1 aromatic rings. The molecule has 0 spiro atoms. The van der Waals surface area contributed by atoms with Crippen LogP contribution in [0.1, 0.15) is 15.5 Å². The van der Waals surface area contributed by atoms with Gasteiger partial charge < -0.3 is 0 Å². The second-order valence-electron chi connectivity index (χ2n) is 2.01. The van der Waals surface area contributed by atoms with Gasteiger partial charge in [0.15, 0.2) is 5.01 Å². The van der Waals surface area contributed by atoms with Crippen LogP contribution in [-0.4, -0.2) is 10.9 Å². The van der Waals surface area contributed by atoms with E-state index < -0.39 is 17.1 Å². The van der Waals surface area contributed by atoms with Gasteiger partial charge in [0.05, 0.1) is 0 Å². The van der Waals surface area contributed by atoms with Crippen molar-refractivity contribution in [3.63, 3.8) is 0 Å². The minimum Gasteiger partial charge on any atom is -0.289 e. The van der Waals surface area contributed by atoms with Gasteiger partial charge in [-0.1, -0.05) is 0 Å². The molecule has 8 heteroatoms. The van der Waals surface area contributed by atoms with E-state index in [0.717, 1.165) is 5.38 Å². The summed E-state index contributed by atoms with van der Waals surface area (Å²) < 4.78 is 35.9. The Balaban J connectivity index is 2.93. The first-order valence-electron chi connectivity index (χ1n) is 2.99. The highest BCUT2D eigenvalue weighted by Crippen LogP contribution is 2.31. The van der Waals surface area contributed by atoms with E-state index >= 15 is 0 Å². The van der Waals surface area contributed by atoms with Crippen molar-refractivity contribution in [2.24, 2.45) is 5.84 Å². The van der Waals surface area contributed by atoms with Crippen molar-refractivity contribution in [1.82, 2.24) is 10.4 Å². The summed E-state index contributed by atoms with van der Waals surface area (Å²) in [5.41, 5.74) is 1.35. The van der Waals surface area contributed by atoms with Crippen LogP contribution >= 0.6 is 11.3 Å². The average molecular weight is 211 g/mol. The molecular weight excluding hydrogens is 207 g/mol. The van der Waals surface area contributed by atoms with E-state index in [-0.39, 0.29) is 5.69 Å². The molecule has 0 unspecified atom stereocenters. The van der Waals surface area contributed by atoms with Gasteiger partial charge in [-0.05, 0) is 0 Å². The maximum absolute atomic E-state index is 12.0. The number of hydrazine groups is 1. The highest BCUT2D eigenvalue weighted by Gasteiger charge is 2.35. The number of nitrogens with one attached hydrogen (secondary N) is 1. The second-order valence-corrected chi connectivity index (χ2v) is 2.87. The van der Waals surface area contributed by atoms with Crippen molar-refractivity contribution < 1.29 is 18.0 Å². The van der Waals surface area contributed by atoms with Crippen molar-refractivity contribution >= 4 is 17.2 Å². The molecule has 0 aliphatic rings. The zero-order valence-corrected chi connectivity index (χ0v) is 6.87. The molecule has 1 rings (SSSR count). The summed E-state index contributed by atoms with van der Waals surface area (Å²) in [5, 5.41) is -0.0727. The Labute approximate surface area is 74.5 Å². The van der Waals surface area contributed by atoms with Crippen LogP contribution in [0.3, 0.4) is 0 Å². The number of nitrogen functional groups attached to an aromatic ring is 1. The molecule has 0 aromatic carbocycles. The molecular formula is C5H4F3N3OS. The van der Waals surface area contributed by atoms with Crippen LogP contribution in [0, 0.1) is 0 Å². The molecule has 0 saturated carbocycles. The Morgan fingerprint density at radius 3 is 2.62 bits per heavy atom. The number of amides is 1. The third-order valence-electron chi connectivity index (χ3n) is 1.11. The summed E-state index contributed by atoms with van der Waals surface area (Å²) >= 11 is 0.348. The smallest absolute Gasteiger partial charge is 0.289 e. The molecule has 0 aliphatic carbocycles. The van der Waals surface area contributed by atoms with Gasteiger partial charge in [-0.15, -0.1) is 11.3 Å². The van der Waals surface area contributed by atoms with Crippen molar-refractivity contribution in [3.05, 3.63) is 16.1 Å². The van der Waals surface area contributed by atoms with Crippen LogP contribution in [0.25, 0.3) is 0 Å². The Bertz CT molecular complexity index is 321. The summed E-state index contributed by atoms with van der Waals surface area (Å²) in [6.45, 7) is 0. The van der Waals surface area contributed by atoms with Crippen molar-refractivity contribution in [1.29, 1.82) is 0 Å². The molecule has 1 amide bonds. The molecule has 0 fully saturated rings. The van der Waals surface area contributed by atoms with E-state index in [2.05, 4.69) is 4.98 Å². The van der Waals surface area contributed by atoms with Gasteiger partial charge in [-0.3, -0.25) is 10.2 Å². The van der Waals surface area contributed by atoms with Crippen LogP contribution < -0.4 is 11.3 Å². The molecule has 72 valence electrons. The average Bonchev–Trinajstić information content (AvgIpc) is 2.50. The van der Waals surface area contributed by atoms with Gasteiger partial charge in [-0.2, -0.15) is 13.2 Å². The van der Waals surface area contributed by atoms with Crippen LogP contribution in [0.4, 0.5) is 13.2 Å². The monoisotopic (exact) mass is 211 g/mol. The van der Waals surface area contributed by atoms with E-state index in [0.29, 0.717) is 11.3 Å². The Morgan fingerprint density at radius 2 is 2.23 bits per heavy atom. The van der Waals surface area contributed by atoms with E-state index in [9.17, 15) is 18.0 Å². The van der Waals surface area contributed by atoms with Crippen molar-refractivity contribution in [2.75, 3.05) is 0 Å². The largest absolute Gasteiger partial charge is 0.443 e. The number of carbonyl (C=O) groups is 1. The maximum Gasteiger partial charge on any atom is 0.443 e. The molecule has 4 nitrogen and oxygen atoms in total. The Kier molecular flexibility index (Phi) is 2.52. The van der Waals surface area contributed by atoms with E-state index in [1.54, 1.807) is 5.43 Å². The lowest BCUT2D eigenvalue weighted by Gasteiger charge is -1.99. The van der Waals surface area contributed by atoms with Crippen molar-refractivity contribution in [3.8, 4) is 0 Å². The molecule has 1 heterocycles. The number of hydrogen-bond acceptors (Lipinski definition) is 4. The summed E-state index contributed by atoms with van der Waals surface area (Å²) in [6, 6.07) is 0. The third kappa shape index (κ3) is 2.16. The van der Waals surface area contributed by atoms with E-state index in [4.69, 9.17) is 5.84 Å². The number of nitrogens with zero attached hydrogens (tertiary/aromatic N) is 1. The standard InChI is InChI=1S/C5H4F3N3OS/c6-5(7,8)4-10-2(1-13-4)3(12)11-9/h1H,9H2,(H,11,12). The second kappa shape index (κ2) is 3.30. The molecule has 0 atom stereocenters. The van der Waals surface area contributed by atoms with Gasteiger partial charge in [0.25, 0.3) is 5.91 Å². The summed E-state index contributed by atoms with van der Waals surface area (Å²) in [6.07, 6.45) is -4.52. The fraction of sp³-hybridized carbons (Fsp3) is 0.200. The van der Waals surface area contributed by atoms with Gasteiger partial charge >= 0.3 is 6.18 Å². The predicted octanol–water partition coefficient (Wildman–Crippen LogP) is 0.765. The number of alkyl halides is 3. The zero-order chi connectivity index (χ0) is 10.1. The number of nitrogens with two attached hydrogens (primary N) is 1. The lowest BCUT2D eigenvalue weighted by atomic mass is 10.5. The van der Waals surface area contributed by atoms with Gasteiger partial charge in [0.2, 0.25) is 0 Å². The first-order valence-corrected chi connectivity index (χ1v) is 3.87. The van der Waals surface area contributed by atoms with Crippen LogP contribution in [0.15, 0.2) is 5.38 Å². The quantitative estimate of drug-likeness (QED) is 0.409. The molecule has 0 bridgehead atoms. The maximum atomic E-state index is 12.0. The number of hydrogen-bond donors (Lipinski definition) is 2. The zero-order valence-electron chi connectivity index (χ0n) is 6.05. The lowest BCUT2D eigenvalue weighted by molar-refractivity contribution is -0.137. The minimum atomic E-state index is -4.52. The number of thiazole rings is 1. The van der Waals surface area contributed by atoms with Crippen LogP contribution in [0.5, 0.6) is 0 Å². The SMILES string of the molecule is NNC(=O)c1csc(C(F)(F)F)n1. The molecule has 3 N–H and O–H groups in total. The number of carbonyl (C=O) groups excluding carboxylic acids is 1. The predicted molar refractivity (Wildman–Crippen MR) is 38.8 cm³/mol. The first kappa shape index (κ1) is 9.93. The highest BCUT2D eigenvalue weighted by atomic mass is 32.1. The minimum absolute atomic E-state index is 0.333. The van der Waals surface area contributed by atoms with Crippen LogP contribution in [-0.2, 0) is 6.18 Å². The fourth-order valence-electron chi connectivity index (χ4n) is 0.582. The molecule has 0 aliphatic heterocycles. The van der Waals surface area contributed by atoms with Crippen molar-refractivity contribution in [2.45, 2.75) is 6.18 Å². The fourth-order valence-corrected chi connectivity index (χ4v) is 1.25. The van der Waals surface area contributed by atoms with Crippen LogP contribution in [0.2, 0.25) is 0 Å². The highest BCUT2D eigenvalue weighted by molar-refractivity contribution is 7.09. The van der Waals surface area contributed by atoms with Gasteiger partial charge in [-0.25, -0.2) is 10.8 Å². The Morgan fingerprint density at radius 1 is 1.62 bits per heavy atom. The molecule has 1 aromatic heterocycles. The Hall–Kier alpha value is -1.15. The lowest BCUT2D eigenvalue weighted by Crippen LogP contribution is -2.30. The normalized spacial score (nSPS) is 11.4. The van der Waals surface area contributed by atoms with Gasteiger partial charge in [0, 0.05) is 5.38 Å². The topological polar surface area (TPSA) is 68.0 Å². The number of rotatable bonds is 1.